The Morgan fingerprint density at radius 1 is 1.18 bits per heavy atom. The minimum atomic E-state index is -0.297. The van der Waals surface area contributed by atoms with Gasteiger partial charge in [-0.3, -0.25) is 10.1 Å². The van der Waals surface area contributed by atoms with Gasteiger partial charge in [0.2, 0.25) is 0 Å². The van der Waals surface area contributed by atoms with E-state index in [0.717, 1.165) is 0 Å². The van der Waals surface area contributed by atoms with Crippen LogP contribution in [0.25, 0.3) is 11.5 Å². The number of thiocarbonyl (C=S) groups is 1. The van der Waals surface area contributed by atoms with Crippen LogP contribution in [0, 0.1) is 0 Å². The van der Waals surface area contributed by atoms with E-state index in [2.05, 4.69) is 26.3 Å². The minimum Gasteiger partial charge on any atom is -0.458 e. The number of rotatable bonds is 5. The van der Waals surface area contributed by atoms with E-state index in [-0.39, 0.29) is 23.6 Å². The maximum Gasteiger partial charge on any atom is 0.314 e. The molecule has 2 heterocycles. The lowest BCUT2D eigenvalue weighted by molar-refractivity contribution is 0.0977. The Kier molecular flexibility index (Phi) is 6.35. The van der Waals surface area contributed by atoms with E-state index in [1.54, 1.807) is 48.8 Å². The van der Waals surface area contributed by atoms with Gasteiger partial charge in [-0.05, 0) is 36.5 Å². The van der Waals surface area contributed by atoms with E-state index in [4.69, 9.17) is 16.6 Å². The lowest BCUT2D eigenvalue weighted by atomic mass is 10.2. The highest BCUT2D eigenvalue weighted by Crippen LogP contribution is 2.26. The zero-order chi connectivity index (χ0) is 19.9. The number of furan rings is 1. The van der Waals surface area contributed by atoms with Crippen molar-refractivity contribution in [1.82, 2.24) is 20.9 Å². The first kappa shape index (κ1) is 19.5. The molecule has 0 aliphatic rings. The largest absolute Gasteiger partial charge is 0.458 e. The van der Waals surface area contributed by atoms with Crippen LogP contribution in [0.1, 0.15) is 16.1 Å². The summed E-state index contributed by atoms with van der Waals surface area (Å²) in [5.74, 6) is 0.873. The summed E-state index contributed by atoms with van der Waals surface area (Å²) in [6.07, 6.45) is 0. The number of carbonyl (C=O) groups is 2. The fourth-order valence-electron chi connectivity index (χ4n) is 2.20. The van der Waals surface area contributed by atoms with Gasteiger partial charge < -0.3 is 20.4 Å². The maximum atomic E-state index is 12.1. The molecular formula is C18H17N5O3S2. The molecule has 1 aromatic carbocycles. The smallest absolute Gasteiger partial charge is 0.314 e. The maximum absolute atomic E-state index is 12.1. The van der Waals surface area contributed by atoms with Crippen molar-refractivity contribution in [3.05, 3.63) is 59.2 Å². The molecule has 0 fully saturated rings. The van der Waals surface area contributed by atoms with Crippen molar-refractivity contribution in [2.75, 3.05) is 12.4 Å². The fraction of sp³-hybridized carbons (Fsp3) is 0.111. The molecular weight excluding hydrogens is 398 g/mol. The topological polar surface area (TPSA) is 108 Å². The Bertz CT molecular complexity index is 984. The molecule has 0 saturated carbocycles. The Labute approximate surface area is 170 Å². The zero-order valence-corrected chi connectivity index (χ0v) is 16.4. The van der Waals surface area contributed by atoms with Gasteiger partial charge in [-0.25, -0.2) is 9.78 Å². The Hall–Kier alpha value is -3.24. The van der Waals surface area contributed by atoms with Crippen molar-refractivity contribution in [1.29, 1.82) is 0 Å². The lowest BCUT2D eigenvalue weighted by Crippen LogP contribution is -2.34. The van der Waals surface area contributed by atoms with Crippen LogP contribution >= 0.6 is 23.6 Å². The van der Waals surface area contributed by atoms with E-state index in [1.165, 1.54) is 11.3 Å². The summed E-state index contributed by atoms with van der Waals surface area (Å²) in [5.41, 5.74) is 1.14. The number of carbonyl (C=O) groups excluding carboxylic acids is 2. The highest BCUT2D eigenvalue weighted by molar-refractivity contribution is 7.80. The average molecular weight is 416 g/mol. The molecule has 0 bridgehead atoms. The van der Waals surface area contributed by atoms with Crippen LogP contribution in [0.2, 0.25) is 0 Å². The van der Waals surface area contributed by atoms with Crippen LogP contribution in [-0.4, -0.2) is 29.1 Å². The molecule has 0 atom stereocenters. The predicted octanol–water partition coefficient (Wildman–Crippen LogP) is 2.96. The number of hydrogen-bond acceptors (Lipinski definition) is 6. The molecule has 2 aromatic heterocycles. The fourth-order valence-corrected chi connectivity index (χ4v) is 3.16. The van der Waals surface area contributed by atoms with Crippen LogP contribution in [0.5, 0.6) is 0 Å². The third-order valence-electron chi connectivity index (χ3n) is 3.55. The number of urea groups is 1. The van der Waals surface area contributed by atoms with Crippen LogP contribution in [0.3, 0.4) is 0 Å². The molecule has 4 N–H and O–H groups in total. The lowest BCUT2D eigenvalue weighted by Gasteiger charge is -2.06. The number of aromatic nitrogens is 1. The van der Waals surface area contributed by atoms with E-state index < -0.39 is 0 Å². The van der Waals surface area contributed by atoms with Gasteiger partial charge in [0.05, 0.1) is 6.54 Å². The summed E-state index contributed by atoms with van der Waals surface area (Å²) in [5, 5.41) is 13.1. The van der Waals surface area contributed by atoms with Crippen LogP contribution in [0.15, 0.2) is 52.3 Å². The Morgan fingerprint density at radius 2 is 1.96 bits per heavy atom. The van der Waals surface area contributed by atoms with Crippen molar-refractivity contribution >= 4 is 45.7 Å². The molecule has 0 radical (unpaired) electrons. The minimum absolute atomic E-state index is 0.157. The second-order valence-corrected chi connectivity index (χ2v) is 6.78. The van der Waals surface area contributed by atoms with E-state index in [0.29, 0.717) is 27.9 Å². The van der Waals surface area contributed by atoms with E-state index in [9.17, 15) is 9.59 Å². The number of anilines is 1. The number of nitrogens with zero attached hydrogens (tertiary/aromatic N) is 1. The summed E-state index contributed by atoms with van der Waals surface area (Å²) >= 11 is 6.49. The van der Waals surface area contributed by atoms with Crippen LogP contribution in [0.4, 0.5) is 9.93 Å². The third kappa shape index (κ3) is 5.15. The summed E-state index contributed by atoms with van der Waals surface area (Å²) in [6, 6.07) is 12.0. The van der Waals surface area contributed by atoms with Gasteiger partial charge in [0.25, 0.3) is 5.91 Å². The van der Waals surface area contributed by atoms with Gasteiger partial charge in [-0.1, -0.05) is 18.2 Å². The summed E-state index contributed by atoms with van der Waals surface area (Å²) in [4.78, 5) is 27.7. The molecule has 10 heteroatoms. The quantitative estimate of drug-likeness (QED) is 0.477. The summed E-state index contributed by atoms with van der Waals surface area (Å²) < 4.78 is 5.68. The first-order chi connectivity index (χ1) is 13.5. The number of hydrogen-bond donors (Lipinski definition) is 4. The van der Waals surface area contributed by atoms with Crippen molar-refractivity contribution in [2.24, 2.45) is 0 Å². The molecule has 0 unspecified atom stereocenters. The molecule has 0 saturated heterocycles. The highest BCUT2D eigenvalue weighted by atomic mass is 32.1. The first-order valence-electron chi connectivity index (χ1n) is 8.22. The Morgan fingerprint density at radius 3 is 2.71 bits per heavy atom. The van der Waals surface area contributed by atoms with E-state index in [1.807, 2.05) is 6.07 Å². The first-order valence-corrected chi connectivity index (χ1v) is 9.51. The van der Waals surface area contributed by atoms with Gasteiger partial charge in [0, 0.05) is 18.0 Å². The monoisotopic (exact) mass is 415 g/mol. The van der Waals surface area contributed by atoms with Crippen molar-refractivity contribution < 1.29 is 14.0 Å². The third-order valence-corrected chi connectivity index (χ3v) is 4.51. The Balaban J connectivity index is 1.57. The molecule has 3 rings (SSSR count). The molecule has 0 aliphatic heterocycles. The summed E-state index contributed by atoms with van der Waals surface area (Å²) in [7, 11) is 1.54. The van der Waals surface area contributed by atoms with Gasteiger partial charge >= 0.3 is 6.03 Å². The SMILES string of the molecule is CNC(=O)NCc1ccc(-c2csc(NC(=S)NC(=O)c3ccccc3)n2)o1. The second-order valence-electron chi connectivity index (χ2n) is 5.51. The predicted molar refractivity (Wildman–Crippen MR) is 111 cm³/mol. The molecule has 8 nitrogen and oxygen atoms in total. The molecule has 0 aliphatic carbocycles. The summed E-state index contributed by atoms with van der Waals surface area (Å²) in [6.45, 7) is 0.268. The van der Waals surface area contributed by atoms with Gasteiger partial charge in [-0.15, -0.1) is 11.3 Å². The molecule has 3 amide bonds. The zero-order valence-electron chi connectivity index (χ0n) is 14.8. The number of nitrogens with one attached hydrogen (secondary N) is 4. The number of amides is 3. The second kappa shape index (κ2) is 9.11. The van der Waals surface area contributed by atoms with Gasteiger partial charge in [0.15, 0.2) is 16.0 Å². The average Bonchev–Trinajstić information content (AvgIpc) is 3.36. The number of benzene rings is 1. The number of thiazole rings is 1. The van der Waals surface area contributed by atoms with Crippen LogP contribution < -0.4 is 21.3 Å². The van der Waals surface area contributed by atoms with Gasteiger partial charge in [-0.2, -0.15) is 0 Å². The van der Waals surface area contributed by atoms with Gasteiger partial charge in [0.1, 0.15) is 11.5 Å². The van der Waals surface area contributed by atoms with Crippen LogP contribution in [-0.2, 0) is 6.54 Å². The molecule has 28 heavy (non-hydrogen) atoms. The van der Waals surface area contributed by atoms with Crippen molar-refractivity contribution in [3.8, 4) is 11.5 Å². The van der Waals surface area contributed by atoms with Crippen molar-refractivity contribution in [2.45, 2.75) is 6.54 Å². The normalized spacial score (nSPS) is 10.2. The van der Waals surface area contributed by atoms with Crippen molar-refractivity contribution in [3.63, 3.8) is 0 Å². The standard InChI is InChI=1S/C18H17N5O3S2/c1-19-16(25)20-9-12-7-8-14(26-12)13-10-28-18(21-13)23-17(27)22-15(24)11-5-3-2-4-6-11/h2-8,10H,9H2,1H3,(H2,19,20,25)(H2,21,22,23,24,27). The van der Waals surface area contributed by atoms with E-state index >= 15 is 0 Å². The molecule has 3 aromatic rings. The highest BCUT2D eigenvalue weighted by Gasteiger charge is 2.12. The molecule has 144 valence electrons. The molecule has 0 spiro atoms.